The van der Waals surface area contributed by atoms with Crippen molar-refractivity contribution in [1.82, 2.24) is 0 Å². The predicted octanol–water partition coefficient (Wildman–Crippen LogP) is 0.476. The summed E-state index contributed by atoms with van der Waals surface area (Å²) in [6.45, 7) is 3.31. The third kappa shape index (κ3) is 19.5. The van der Waals surface area contributed by atoms with Crippen LogP contribution in [-0.4, -0.2) is 30.1 Å². The molecule has 0 heterocycles. The Labute approximate surface area is 53.4 Å². The van der Waals surface area contributed by atoms with Crippen molar-refractivity contribution < 1.29 is 19.7 Å². The van der Waals surface area contributed by atoms with Crippen LogP contribution >= 0.6 is 0 Å². The maximum Gasteiger partial charge on any atom is 0.506 e. The Morgan fingerprint density at radius 3 is 2.33 bits per heavy atom. The molecule has 9 heavy (non-hydrogen) atoms. The molecule has 0 spiro atoms. The minimum absolute atomic E-state index is 0.0648. The summed E-state index contributed by atoms with van der Waals surface area (Å²) in [7, 11) is 1.00. The van der Waals surface area contributed by atoms with Crippen LogP contribution in [0.4, 0.5) is 4.79 Å². The molecule has 4 nitrogen and oxygen atoms in total. The third-order valence-electron chi connectivity index (χ3n) is 0.325. The molecule has 0 aromatic carbocycles. The number of carboxylic acid groups (broad SMARTS) is 1. The van der Waals surface area contributed by atoms with E-state index in [-0.39, 0.29) is 6.61 Å². The molecule has 0 aliphatic carbocycles. The van der Waals surface area contributed by atoms with Crippen LogP contribution in [0.25, 0.3) is 0 Å². The first kappa shape index (κ1) is 10.9. The van der Waals surface area contributed by atoms with E-state index in [1.54, 1.807) is 0 Å². The van der Waals surface area contributed by atoms with Gasteiger partial charge in [0.2, 0.25) is 0 Å². The fraction of sp³-hybridized carbons (Fsp3) is 0.400. The maximum atomic E-state index is 9.49. The molecule has 0 unspecified atom stereocenters. The van der Waals surface area contributed by atoms with E-state index in [1.165, 1.54) is 6.08 Å². The van der Waals surface area contributed by atoms with Crippen molar-refractivity contribution in [2.75, 3.05) is 13.7 Å². The minimum atomic E-state index is -1.26. The Morgan fingerprint density at radius 1 is 1.78 bits per heavy atom. The molecular formula is C5H10O4. The quantitative estimate of drug-likeness (QED) is 0.425. The van der Waals surface area contributed by atoms with Gasteiger partial charge in [0.15, 0.2) is 0 Å². The normalized spacial score (nSPS) is 6.44. The highest BCUT2D eigenvalue weighted by Gasteiger charge is 1.87. The second-order valence-corrected chi connectivity index (χ2v) is 0.866. The third-order valence-corrected chi connectivity index (χ3v) is 0.325. The molecule has 4 heteroatoms. The van der Waals surface area contributed by atoms with Gasteiger partial charge in [0.05, 0.1) is 0 Å². The second-order valence-electron chi connectivity index (χ2n) is 0.866. The molecule has 54 valence electrons. The van der Waals surface area contributed by atoms with Crippen LogP contribution in [0.2, 0.25) is 0 Å². The fourth-order valence-electron chi connectivity index (χ4n) is 0.130. The predicted molar refractivity (Wildman–Crippen MR) is 32.3 cm³/mol. The van der Waals surface area contributed by atoms with Crippen LogP contribution in [0, 0.1) is 0 Å². The van der Waals surface area contributed by atoms with Crippen LogP contribution in [-0.2, 0) is 4.74 Å². The lowest BCUT2D eigenvalue weighted by Crippen LogP contribution is -1.98. The molecule has 0 saturated heterocycles. The average molecular weight is 134 g/mol. The molecule has 0 aliphatic heterocycles. The van der Waals surface area contributed by atoms with Crippen molar-refractivity contribution in [1.29, 1.82) is 0 Å². The Bertz CT molecular complexity index is 79.0. The van der Waals surface area contributed by atoms with Crippen molar-refractivity contribution >= 4 is 6.16 Å². The highest BCUT2D eigenvalue weighted by molar-refractivity contribution is 5.56. The zero-order valence-corrected chi connectivity index (χ0v) is 5.20. The van der Waals surface area contributed by atoms with E-state index in [4.69, 9.17) is 10.2 Å². The van der Waals surface area contributed by atoms with E-state index >= 15 is 0 Å². The molecule has 0 fully saturated rings. The summed E-state index contributed by atoms with van der Waals surface area (Å²) in [5.74, 6) is 0. The summed E-state index contributed by atoms with van der Waals surface area (Å²) in [6, 6.07) is 0. The maximum absolute atomic E-state index is 9.49. The summed E-state index contributed by atoms with van der Waals surface area (Å²) < 4.78 is 3.99. The SMILES string of the molecule is C=CCOC(=O)O.CO. The van der Waals surface area contributed by atoms with E-state index in [0.29, 0.717) is 0 Å². The number of hydrogen-bond donors (Lipinski definition) is 2. The Morgan fingerprint density at radius 2 is 2.22 bits per heavy atom. The molecule has 0 amide bonds. The van der Waals surface area contributed by atoms with Crippen molar-refractivity contribution in [3.05, 3.63) is 12.7 Å². The zero-order valence-electron chi connectivity index (χ0n) is 5.20. The highest BCUT2D eigenvalue weighted by Crippen LogP contribution is 1.73. The first-order valence-corrected chi connectivity index (χ1v) is 2.18. The fourth-order valence-corrected chi connectivity index (χ4v) is 0.130. The van der Waals surface area contributed by atoms with Crippen molar-refractivity contribution in [2.24, 2.45) is 0 Å². The van der Waals surface area contributed by atoms with E-state index < -0.39 is 6.16 Å². The lowest BCUT2D eigenvalue weighted by molar-refractivity contribution is 0.102. The van der Waals surface area contributed by atoms with Crippen LogP contribution in [0.1, 0.15) is 0 Å². The zero-order chi connectivity index (χ0) is 7.70. The smallest absolute Gasteiger partial charge is 0.450 e. The molecule has 0 saturated carbocycles. The van der Waals surface area contributed by atoms with E-state index in [2.05, 4.69) is 11.3 Å². The summed E-state index contributed by atoms with van der Waals surface area (Å²) in [5.41, 5.74) is 0. The summed E-state index contributed by atoms with van der Waals surface area (Å²) in [5, 5.41) is 14.8. The number of ether oxygens (including phenoxy) is 1. The van der Waals surface area contributed by atoms with Gasteiger partial charge in [0.1, 0.15) is 6.61 Å². The summed E-state index contributed by atoms with van der Waals surface area (Å²) >= 11 is 0. The first-order chi connectivity index (χ1) is 4.27. The number of aliphatic hydroxyl groups is 1. The molecule has 2 N–H and O–H groups in total. The van der Waals surface area contributed by atoms with Gasteiger partial charge in [0, 0.05) is 7.11 Å². The monoisotopic (exact) mass is 134 g/mol. The number of rotatable bonds is 2. The Balaban J connectivity index is 0. The molecule has 0 rings (SSSR count). The summed E-state index contributed by atoms with van der Waals surface area (Å²) in [6.07, 6.45) is 0.105. The minimum Gasteiger partial charge on any atom is -0.450 e. The van der Waals surface area contributed by atoms with E-state index in [0.717, 1.165) is 7.11 Å². The average Bonchev–Trinajstić information content (AvgIpc) is 1.88. The Kier molecular flexibility index (Phi) is 12.1. The van der Waals surface area contributed by atoms with Gasteiger partial charge in [-0.05, 0) is 0 Å². The number of hydrogen-bond acceptors (Lipinski definition) is 3. The number of aliphatic hydroxyl groups excluding tert-OH is 1. The molecule has 0 atom stereocenters. The van der Waals surface area contributed by atoms with Gasteiger partial charge in [-0.15, -0.1) is 0 Å². The van der Waals surface area contributed by atoms with E-state index in [9.17, 15) is 4.79 Å². The molecular weight excluding hydrogens is 124 g/mol. The molecule has 0 radical (unpaired) electrons. The molecule has 0 aromatic rings. The lowest BCUT2D eigenvalue weighted by atomic mass is 10.7. The van der Waals surface area contributed by atoms with Gasteiger partial charge in [-0.3, -0.25) is 0 Å². The highest BCUT2D eigenvalue weighted by atomic mass is 16.7. The number of carbonyl (C=O) groups is 1. The molecule has 0 aliphatic rings. The standard InChI is InChI=1S/C4H6O3.CH4O/c1-2-3-7-4(5)6;1-2/h2H,1,3H2,(H,5,6);2H,1H3. The van der Waals surface area contributed by atoms with Crippen molar-refractivity contribution in [2.45, 2.75) is 0 Å². The lowest BCUT2D eigenvalue weighted by Gasteiger charge is -1.88. The van der Waals surface area contributed by atoms with Crippen molar-refractivity contribution in [3.63, 3.8) is 0 Å². The molecule has 0 bridgehead atoms. The van der Waals surface area contributed by atoms with Crippen LogP contribution in [0.5, 0.6) is 0 Å². The van der Waals surface area contributed by atoms with Crippen LogP contribution in [0.15, 0.2) is 12.7 Å². The Hall–Kier alpha value is -1.03. The van der Waals surface area contributed by atoms with Gasteiger partial charge >= 0.3 is 6.16 Å². The molecule has 0 aromatic heterocycles. The van der Waals surface area contributed by atoms with Crippen molar-refractivity contribution in [3.8, 4) is 0 Å². The van der Waals surface area contributed by atoms with Gasteiger partial charge in [-0.25, -0.2) is 4.79 Å². The van der Waals surface area contributed by atoms with Gasteiger partial charge in [0.25, 0.3) is 0 Å². The summed E-state index contributed by atoms with van der Waals surface area (Å²) in [4.78, 5) is 9.49. The topological polar surface area (TPSA) is 66.8 Å². The first-order valence-electron chi connectivity index (χ1n) is 2.18. The van der Waals surface area contributed by atoms with Gasteiger partial charge in [-0.2, -0.15) is 0 Å². The van der Waals surface area contributed by atoms with Crippen LogP contribution in [0.3, 0.4) is 0 Å². The van der Waals surface area contributed by atoms with Gasteiger partial charge < -0.3 is 14.9 Å². The second kappa shape index (κ2) is 10.1. The van der Waals surface area contributed by atoms with Gasteiger partial charge in [-0.1, -0.05) is 12.7 Å². The van der Waals surface area contributed by atoms with Crippen LogP contribution < -0.4 is 0 Å². The largest absolute Gasteiger partial charge is 0.506 e. The van der Waals surface area contributed by atoms with E-state index in [1.807, 2.05) is 0 Å².